The molecule has 4 saturated carbocycles. The summed E-state index contributed by atoms with van der Waals surface area (Å²) in [5.41, 5.74) is 7.37. The molecule has 4 fully saturated rings. The van der Waals surface area contributed by atoms with Gasteiger partial charge in [0, 0.05) is 0 Å². The minimum Gasteiger partial charge on any atom is -0.330 e. The summed E-state index contributed by atoms with van der Waals surface area (Å²) < 4.78 is 0. The molecule has 0 radical (unpaired) electrons. The van der Waals surface area contributed by atoms with E-state index < -0.39 is 0 Å². The summed E-state index contributed by atoms with van der Waals surface area (Å²) in [4.78, 5) is 0. The second kappa shape index (κ2) is 8.48. The highest BCUT2D eigenvalue weighted by atomic mass is 14.7. The molecule has 9 atom stereocenters. The van der Waals surface area contributed by atoms with Crippen molar-refractivity contribution >= 4 is 0 Å². The smallest absolute Gasteiger partial charge is 0.00488 e. The Morgan fingerprint density at radius 2 is 1.55 bits per heavy atom. The van der Waals surface area contributed by atoms with Gasteiger partial charge in [-0.3, -0.25) is 0 Å². The standard InChI is InChI=1S/C28H51N/c1-19(2)7-6-8-20(3)24-11-12-25-23-10-9-22-17-21(18-29)13-15-27(22,4)26(23)14-16-28(24,25)5/h19-26H,6-18,29H2,1-5H3/t20-,21-,22?,23?,24-,25?,26?,27+,28-/m1/s1. The molecule has 4 aliphatic rings. The maximum Gasteiger partial charge on any atom is -0.00488 e. The molecule has 4 aliphatic carbocycles. The highest BCUT2D eigenvalue weighted by molar-refractivity contribution is 5.09. The predicted molar refractivity (Wildman–Crippen MR) is 126 cm³/mol. The second-order valence-electron chi connectivity index (χ2n) is 13.1. The number of hydrogen-bond acceptors (Lipinski definition) is 1. The Labute approximate surface area is 182 Å². The van der Waals surface area contributed by atoms with Crippen molar-refractivity contribution in [2.45, 2.75) is 112 Å². The SMILES string of the molecule is CC(C)CCC[C@@H](C)[C@H]1CCC2C3CCC4C[C@H](CN)CC[C@]4(C)C3CC[C@@]21C. The zero-order valence-electron chi connectivity index (χ0n) is 20.4. The summed E-state index contributed by atoms with van der Waals surface area (Å²) in [6.45, 7) is 13.8. The largest absolute Gasteiger partial charge is 0.330 e. The van der Waals surface area contributed by atoms with Crippen molar-refractivity contribution in [3.63, 3.8) is 0 Å². The van der Waals surface area contributed by atoms with Crippen molar-refractivity contribution < 1.29 is 0 Å². The summed E-state index contributed by atoms with van der Waals surface area (Å²) in [5.74, 6) is 7.69. The first-order chi connectivity index (χ1) is 13.8. The first kappa shape index (κ1) is 22.2. The van der Waals surface area contributed by atoms with E-state index in [0.717, 1.165) is 53.9 Å². The summed E-state index contributed by atoms with van der Waals surface area (Å²) in [6, 6.07) is 0. The second-order valence-corrected chi connectivity index (χ2v) is 13.1. The number of nitrogens with two attached hydrogens (primary N) is 1. The summed E-state index contributed by atoms with van der Waals surface area (Å²) >= 11 is 0. The average Bonchev–Trinajstić information content (AvgIpc) is 3.04. The van der Waals surface area contributed by atoms with Crippen LogP contribution in [0.5, 0.6) is 0 Å². The Morgan fingerprint density at radius 1 is 0.828 bits per heavy atom. The fourth-order valence-corrected chi connectivity index (χ4v) is 9.59. The number of rotatable bonds is 6. The van der Waals surface area contributed by atoms with Crippen LogP contribution in [0.25, 0.3) is 0 Å². The Bertz CT molecular complexity index is 555. The molecule has 0 aromatic heterocycles. The summed E-state index contributed by atoms with van der Waals surface area (Å²) in [7, 11) is 0. The van der Waals surface area contributed by atoms with E-state index in [0.29, 0.717) is 10.8 Å². The van der Waals surface area contributed by atoms with Crippen LogP contribution in [0.4, 0.5) is 0 Å². The van der Waals surface area contributed by atoms with Crippen LogP contribution in [-0.4, -0.2) is 6.54 Å². The lowest BCUT2D eigenvalue weighted by Crippen LogP contribution is -2.54. The van der Waals surface area contributed by atoms with Gasteiger partial charge in [0.2, 0.25) is 0 Å². The van der Waals surface area contributed by atoms with E-state index in [1.54, 1.807) is 6.42 Å². The van der Waals surface area contributed by atoms with Gasteiger partial charge < -0.3 is 5.73 Å². The topological polar surface area (TPSA) is 26.0 Å². The zero-order chi connectivity index (χ0) is 20.8. The van der Waals surface area contributed by atoms with E-state index in [1.165, 1.54) is 70.6 Å². The fourth-order valence-electron chi connectivity index (χ4n) is 9.59. The van der Waals surface area contributed by atoms with Crippen molar-refractivity contribution in [3.05, 3.63) is 0 Å². The van der Waals surface area contributed by atoms with Gasteiger partial charge in [0.1, 0.15) is 0 Å². The molecular weight excluding hydrogens is 350 g/mol. The Hall–Kier alpha value is -0.0400. The Kier molecular flexibility index (Phi) is 6.48. The first-order valence-corrected chi connectivity index (χ1v) is 13.5. The number of fused-ring (bicyclic) bond motifs is 5. The molecule has 168 valence electrons. The summed E-state index contributed by atoms with van der Waals surface area (Å²) in [6.07, 6.45) is 17.8. The van der Waals surface area contributed by atoms with Gasteiger partial charge in [0.25, 0.3) is 0 Å². The minimum absolute atomic E-state index is 0.636. The molecule has 4 rings (SSSR count). The zero-order valence-corrected chi connectivity index (χ0v) is 20.4. The van der Waals surface area contributed by atoms with Gasteiger partial charge in [-0.1, -0.05) is 53.9 Å². The van der Waals surface area contributed by atoms with Crippen LogP contribution in [0.15, 0.2) is 0 Å². The molecule has 0 amide bonds. The van der Waals surface area contributed by atoms with Gasteiger partial charge in [0.05, 0.1) is 0 Å². The Morgan fingerprint density at radius 3 is 2.28 bits per heavy atom. The van der Waals surface area contributed by atoms with Crippen molar-refractivity contribution in [1.82, 2.24) is 0 Å². The molecule has 1 heteroatoms. The first-order valence-electron chi connectivity index (χ1n) is 13.5. The van der Waals surface area contributed by atoms with E-state index in [9.17, 15) is 0 Å². The maximum absolute atomic E-state index is 6.08. The predicted octanol–water partition coefficient (Wildman–Crippen LogP) is 7.68. The molecule has 1 nitrogen and oxygen atoms in total. The molecule has 0 aromatic rings. The van der Waals surface area contributed by atoms with Crippen LogP contribution >= 0.6 is 0 Å². The average molecular weight is 402 g/mol. The monoisotopic (exact) mass is 401 g/mol. The van der Waals surface area contributed by atoms with E-state index in [2.05, 4.69) is 34.6 Å². The normalized spacial score (nSPS) is 48.1. The molecule has 0 spiro atoms. The third kappa shape index (κ3) is 3.85. The van der Waals surface area contributed by atoms with Gasteiger partial charge in [-0.25, -0.2) is 0 Å². The molecular formula is C28H51N. The molecule has 29 heavy (non-hydrogen) atoms. The van der Waals surface area contributed by atoms with E-state index in [1.807, 2.05) is 0 Å². The van der Waals surface area contributed by atoms with Crippen LogP contribution in [0, 0.1) is 58.2 Å². The highest BCUT2D eigenvalue weighted by Crippen LogP contribution is 2.68. The maximum atomic E-state index is 6.08. The third-order valence-electron chi connectivity index (χ3n) is 11.3. The van der Waals surface area contributed by atoms with Crippen LogP contribution in [0.3, 0.4) is 0 Å². The minimum atomic E-state index is 0.636. The van der Waals surface area contributed by atoms with Crippen molar-refractivity contribution in [1.29, 1.82) is 0 Å². The lowest BCUT2D eigenvalue weighted by Gasteiger charge is -2.61. The van der Waals surface area contributed by atoms with Gasteiger partial charge in [-0.05, 0) is 123 Å². The molecule has 0 aromatic carbocycles. The van der Waals surface area contributed by atoms with Crippen LogP contribution in [0.1, 0.15) is 112 Å². The molecule has 2 N–H and O–H groups in total. The van der Waals surface area contributed by atoms with E-state index in [4.69, 9.17) is 5.73 Å². The van der Waals surface area contributed by atoms with Gasteiger partial charge >= 0.3 is 0 Å². The molecule has 0 saturated heterocycles. The van der Waals surface area contributed by atoms with Gasteiger partial charge in [-0.15, -0.1) is 0 Å². The van der Waals surface area contributed by atoms with Crippen molar-refractivity contribution in [2.75, 3.05) is 6.54 Å². The molecule has 4 unspecified atom stereocenters. The molecule has 0 heterocycles. The van der Waals surface area contributed by atoms with Gasteiger partial charge in [-0.2, -0.15) is 0 Å². The van der Waals surface area contributed by atoms with E-state index >= 15 is 0 Å². The van der Waals surface area contributed by atoms with Crippen molar-refractivity contribution in [2.24, 2.45) is 63.9 Å². The fraction of sp³-hybridized carbons (Fsp3) is 1.00. The highest BCUT2D eigenvalue weighted by Gasteiger charge is 2.60. The quantitative estimate of drug-likeness (QED) is 0.485. The van der Waals surface area contributed by atoms with Crippen LogP contribution in [0.2, 0.25) is 0 Å². The van der Waals surface area contributed by atoms with Crippen LogP contribution in [-0.2, 0) is 0 Å². The third-order valence-corrected chi connectivity index (χ3v) is 11.3. The Balaban J connectivity index is 1.45. The summed E-state index contributed by atoms with van der Waals surface area (Å²) in [5, 5.41) is 0. The molecule has 0 aliphatic heterocycles. The molecule has 0 bridgehead atoms. The van der Waals surface area contributed by atoms with Crippen LogP contribution < -0.4 is 5.73 Å². The van der Waals surface area contributed by atoms with Gasteiger partial charge in [0.15, 0.2) is 0 Å². The van der Waals surface area contributed by atoms with Crippen molar-refractivity contribution in [3.8, 4) is 0 Å². The van der Waals surface area contributed by atoms with E-state index in [-0.39, 0.29) is 0 Å². The number of hydrogen-bond donors (Lipinski definition) is 1. The lowest BCUT2D eigenvalue weighted by atomic mass is 9.44. The lowest BCUT2D eigenvalue weighted by molar-refractivity contribution is -0.120.